The summed E-state index contributed by atoms with van der Waals surface area (Å²) in [4.78, 5) is 1.23. The smallest absolute Gasteiger partial charge is 0.119 e. The number of halogens is 1. The van der Waals surface area contributed by atoms with Crippen LogP contribution in [0.25, 0.3) is 0 Å². The van der Waals surface area contributed by atoms with Crippen LogP contribution in [0.4, 0.5) is 0 Å². The van der Waals surface area contributed by atoms with Crippen LogP contribution in [0, 0.1) is 5.41 Å². The van der Waals surface area contributed by atoms with Gasteiger partial charge in [0.25, 0.3) is 0 Å². The monoisotopic (exact) mass is 339 g/mol. The van der Waals surface area contributed by atoms with E-state index in [0.717, 1.165) is 5.75 Å². The Kier molecular flexibility index (Phi) is 6.26. The number of aliphatic hydroxyl groups is 1. The van der Waals surface area contributed by atoms with Gasteiger partial charge >= 0.3 is 0 Å². The molecule has 22 heavy (non-hydrogen) atoms. The molecule has 0 bridgehead atoms. The molecule has 1 heterocycles. The van der Waals surface area contributed by atoms with Gasteiger partial charge in [0.2, 0.25) is 0 Å². The summed E-state index contributed by atoms with van der Waals surface area (Å²) < 4.78 is 5.69. The first kappa shape index (κ1) is 17.3. The second-order valence-corrected chi connectivity index (χ2v) is 7.27. The van der Waals surface area contributed by atoms with E-state index in [0.29, 0.717) is 18.2 Å². The maximum Gasteiger partial charge on any atom is 0.119 e. The number of nitrogens with one attached hydrogen (secondary N) is 1. The summed E-state index contributed by atoms with van der Waals surface area (Å²) in [6.07, 6.45) is 0. The maximum atomic E-state index is 9.64. The van der Waals surface area contributed by atoms with Crippen LogP contribution in [0.15, 0.2) is 41.8 Å². The van der Waals surface area contributed by atoms with E-state index in [1.807, 2.05) is 30.3 Å². The largest absolute Gasteiger partial charge is 0.492 e. The van der Waals surface area contributed by atoms with Gasteiger partial charge in [0, 0.05) is 27.9 Å². The van der Waals surface area contributed by atoms with Gasteiger partial charge in [0.1, 0.15) is 12.4 Å². The first-order valence-electron chi connectivity index (χ1n) is 7.29. The van der Waals surface area contributed by atoms with E-state index in [1.165, 1.54) is 4.88 Å². The molecular formula is C17H22ClNO2S. The zero-order chi connectivity index (χ0) is 16.0. The van der Waals surface area contributed by atoms with Gasteiger partial charge in [-0.1, -0.05) is 31.5 Å². The Balaban J connectivity index is 1.88. The molecule has 2 rings (SSSR count). The van der Waals surface area contributed by atoms with Gasteiger partial charge in [-0.05, 0) is 35.7 Å². The van der Waals surface area contributed by atoms with Crippen molar-refractivity contribution in [3.63, 3.8) is 0 Å². The molecule has 1 aromatic heterocycles. The Morgan fingerprint density at radius 2 is 2.00 bits per heavy atom. The highest BCUT2D eigenvalue weighted by atomic mass is 35.5. The fraction of sp³-hybridized carbons (Fsp3) is 0.412. The molecule has 2 aromatic rings. The molecule has 0 fully saturated rings. The average molecular weight is 340 g/mol. The van der Waals surface area contributed by atoms with E-state index in [4.69, 9.17) is 16.3 Å². The highest BCUT2D eigenvalue weighted by Crippen LogP contribution is 2.35. The molecular weight excluding hydrogens is 318 g/mol. The fourth-order valence-corrected chi connectivity index (χ4v) is 3.35. The molecule has 0 amide bonds. The third-order valence-corrected chi connectivity index (χ3v) is 4.74. The van der Waals surface area contributed by atoms with Crippen molar-refractivity contribution in [2.24, 2.45) is 5.41 Å². The van der Waals surface area contributed by atoms with Gasteiger partial charge in [0.05, 0.1) is 6.61 Å². The second-order valence-electron chi connectivity index (χ2n) is 5.85. The lowest BCUT2D eigenvalue weighted by Crippen LogP contribution is -2.38. The highest BCUT2D eigenvalue weighted by Gasteiger charge is 2.30. The van der Waals surface area contributed by atoms with Crippen LogP contribution in [0.1, 0.15) is 24.8 Å². The molecule has 3 nitrogen and oxygen atoms in total. The van der Waals surface area contributed by atoms with E-state index in [1.54, 1.807) is 11.3 Å². The summed E-state index contributed by atoms with van der Waals surface area (Å²) in [5, 5.41) is 15.9. The number of hydrogen-bond donors (Lipinski definition) is 2. The molecule has 0 spiro atoms. The molecule has 0 saturated heterocycles. The van der Waals surface area contributed by atoms with E-state index in [9.17, 15) is 5.11 Å². The van der Waals surface area contributed by atoms with E-state index < -0.39 is 0 Å². The zero-order valence-electron chi connectivity index (χ0n) is 12.9. The number of aliphatic hydroxyl groups excluding tert-OH is 1. The van der Waals surface area contributed by atoms with Crippen LogP contribution in [-0.2, 0) is 0 Å². The van der Waals surface area contributed by atoms with Gasteiger partial charge in [-0.2, -0.15) is 0 Å². The number of hydrogen-bond acceptors (Lipinski definition) is 4. The Morgan fingerprint density at radius 1 is 1.27 bits per heavy atom. The van der Waals surface area contributed by atoms with E-state index in [2.05, 4.69) is 30.6 Å². The summed E-state index contributed by atoms with van der Waals surface area (Å²) in [6.45, 7) is 5.51. The molecule has 5 heteroatoms. The van der Waals surface area contributed by atoms with Crippen molar-refractivity contribution >= 4 is 22.9 Å². The van der Waals surface area contributed by atoms with E-state index >= 15 is 0 Å². The molecule has 1 aromatic carbocycles. The Labute approximate surface area is 140 Å². The third-order valence-electron chi connectivity index (χ3n) is 3.55. The van der Waals surface area contributed by atoms with E-state index in [-0.39, 0.29) is 18.1 Å². The van der Waals surface area contributed by atoms with Crippen molar-refractivity contribution in [1.82, 2.24) is 5.32 Å². The normalized spacial score (nSPS) is 13.1. The van der Waals surface area contributed by atoms with Crippen molar-refractivity contribution in [2.75, 3.05) is 19.8 Å². The summed E-state index contributed by atoms with van der Waals surface area (Å²) in [6, 6.07) is 11.6. The molecule has 1 atom stereocenters. The summed E-state index contributed by atoms with van der Waals surface area (Å²) in [5.74, 6) is 0.806. The Bertz CT molecular complexity index is 555. The number of rotatable bonds is 8. The minimum atomic E-state index is -0.231. The Hall–Kier alpha value is -1.07. The van der Waals surface area contributed by atoms with Gasteiger partial charge in [-0.25, -0.2) is 0 Å². The van der Waals surface area contributed by atoms with Crippen LogP contribution >= 0.6 is 22.9 Å². The topological polar surface area (TPSA) is 41.5 Å². The molecule has 0 aliphatic heterocycles. The number of thiophene rings is 1. The van der Waals surface area contributed by atoms with Crippen LogP contribution in [0.5, 0.6) is 5.75 Å². The van der Waals surface area contributed by atoms with Crippen molar-refractivity contribution in [3.8, 4) is 5.75 Å². The van der Waals surface area contributed by atoms with Crippen molar-refractivity contribution in [3.05, 3.63) is 51.7 Å². The fourth-order valence-electron chi connectivity index (χ4n) is 2.21. The number of benzene rings is 1. The van der Waals surface area contributed by atoms with Gasteiger partial charge in [0.15, 0.2) is 0 Å². The standard InChI is InChI=1S/C17H22ClNO2S/c1-17(2,12-20)16(15-4-3-11-22-15)19-9-10-21-14-7-5-13(18)6-8-14/h3-8,11,16,19-20H,9-10,12H2,1-2H3/t16-/m0/s1. The molecule has 0 saturated carbocycles. The average Bonchev–Trinajstić information content (AvgIpc) is 3.02. The van der Waals surface area contributed by atoms with Gasteiger partial charge in [-0.3, -0.25) is 0 Å². The number of ether oxygens (including phenoxy) is 1. The highest BCUT2D eigenvalue weighted by molar-refractivity contribution is 7.10. The minimum absolute atomic E-state index is 0.103. The minimum Gasteiger partial charge on any atom is -0.492 e. The lowest BCUT2D eigenvalue weighted by molar-refractivity contribution is 0.114. The van der Waals surface area contributed by atoms with Gasteiger partial charge < -0.3 is 15.2 Å². The van der Waals surface area contributed by atoms with Gasteiger partial charge in [-0.15, -0.1) is 11.3 Å². The molecule has 0 unspecified atom stereocenters. The SMILES string of the molecule is CC(C)(CO)[C@@H](NCCOc1ccc(Cl)cc1)c1cccs1. The van der Waals surface area contributed by atoms with Crippen molar-refractivity contribution in [1.29, 1.82) is 0 Å². The maximum absolute atomic E-state index is 9.64. The summed E-state index contributed by atoms with van der Waals surface area (Å²) in [7, 11) is 0. The molecule has 120 valence electrons. The summed E-state index contributed by atoms with van der Waals surface area (Å²) in [5.41, 5.74) is -0.231. The van der Waals surface area contributed by atoms with Crippen molar-refractivity contribution < 1.29 is 9.84 Å². The molecule has 0 aliphatic carbocycles. The summed E-state index contributed by atoms with van der Waals surface area (Å²) >= 11 is 7.55. The predicted molar refractivity (Wildman–Crippen MR) is 92.9 cm³/mol. The zero-order valence-corrected chi connectivity index (χ0v) is 14.5. The molecule has 0 radical (unpaired) electrons. The first-order valence-corrected chi connectivity index (χ1v) is 8.55. The molecule has 0 aliphatic rings. The lowest BCUT2D eigenvalue weighted by atomic mass is 9.84. The third kappa shape index (κ3) is 4.71. The second kappa shape index (κ2) is 7.97. The predicted octanol–water partition coefficient (Wildman–Crippen LogP) is 4.13. The van der Waals surface area contributed by atoms with Crippen LogP contribution < -0.4 is 10.1 Å². The lowest BCUT2D eigenvalue weighted by Gasteiger charge is -2.33. The van der Waals surface area contributed by atoms with Crippen LogP contribution in [0.2, 0.25) is 5.02 Å². The molecule has 2 N–H and O–H groups in total. The Morgan fingerprint density at radius 3 is 2.59 bits per heavy atom. The van der Waals surface area contributed by atoms with Crippen LogP contribution in [-0.4, -0.2) is 24.9 Å². The first-order chi connectivity index (χ1) is 10.5. The van der Waals surface area contributed by atoms with Crippen LogP contribution in [0.3, 0.4) is 0 Å². The quantitative estimate of drug-likeness (QED) is 0.710. The van der Waals surface area contributed by atoms with Crippen molar-refractivity contribution in [2.45, 2.75) is 19.9 Å².